The van der Waals surface area contributed by atoms with E-state index in [0.717, 1.165) is 13.0 Å². The number of hydrogen-bond acceptors (Lipinski definition) is 4. The Balaban J connectivity index is 2.58. The van der Waals surface area contributed by atoms with Crippen LogP contribution in [-0.4, -0.2) is 25.7 Å². The second-order valence-corrected chi connectivity index (χ2v) is 4.53. The molecule has 1 aromatic rings. The van der Waals surface area contributed by atoms with Crippen LogP contribution in [0.2, 0.25) is 0 Å². The SMILES string of the molecule is CCCNC(C)c1ccc(OC(C)C(=O)OC)cc1. The molecule has 1 N–H and O–H groups in total. The van der Waals surface area contributed by atoms with E-state index >= 15 is 0 Å². The normalized spacial score (nSPS) is 13.7. The maximum atomic E-state index is 11.3. The molecule has 0 heterocycles. The summed E-state index contributed by atoms with van der Waals surface area (Å²) in [5.41, 5.74) is 1.20. The molecule has 1 rings (SSSR count). The van der Waals surface area contributed by atoms with Gasteiger partial charge in [0.1, 0.15) is 5.75 Å². The summed E-state index contributed by atoms with van der Waals surface area (Å²) < 4.78 is 10.1. The molecule has 0 aliphatic carbocycles. The first-order valence-electron chi connectivity index (χ1n) is 6.66. The fraction of sp³-hybridized carbons (Fsp3) is 0.533. The summed E-state index contributed by atoms with van der Waals surface area (Å²) in [4.78, 5) is 11.3. The molecule has 19 heavy (non-hydrogen) atoms. The molecule has 0 bridgehead atoms. The van der Waals surface area contributed by atoms with Crippen molar-refractivity contribution >= 4 is 5.97 Å². The number of carbonyl (C=O) groups is 1. The van der Waals surface area contributed by atoms with Gasteiger partial charge in [-0.25, -0.2) is 4.79 Å². The second-order valence-electron chi connectivity index (χ2n) is 4.53. The fourth-order valence-electron chi connectivity index (χ4n) is 1.73. The number of ether oxygens (including phenoxy) is 2. The summed E-state index contributed by atoms with van der Waals surface area (Å²) in [6.45, 7) is 6.94. The molecule has 0 fully saturated rings. The highest BCUT2D eigenvalue weighted by Crippen LogP contribution is 2.18. The Morgan fingerprint density at radius 2 is 1.89 bits per heavy atom. The van der Waals surface area contributed by atoms with Crippen molar-refractivity contribution in [3.63, 3.8) is 0 Å². The van der Waals surface area contributed by atoms with Crippen molar-refractivity contribution in [2.45, 2.75) is 39.3 Å². The van der Waals surface area contributed by atoms with Crippen LogP contribution in [0, 0.1) is 0 Å². The minimum atomic E-state index is -0.591. The van der Waals surface area contributed by atoms with Gasteiger partial charge >= 0.3 is 5.97 Å². The number of esters is 1. The van der Waals surface area contributed by atoms with Crippen LogP contribution in [0.5, 0.6) is 5.75 Å². The minimum absolute atomic E-state index is 0.312. The van der Waals surface area contributed by atoms with Gasteiger partial charge < -0.3 is 14.8 Å². The summed E-state index contributed by atoms with van der Waals surface area (Å²) in [5.74, 6) is 0.298. The van der Waals surface area contributed by atoms with Crippen LogP contribution in [0.15, 0.2) is 24.3 Å². The van der Waals surface area contributed by atoms with Crippen LogP contribution in [0.3, 0.4) is 0 Å². The molecule has 0 aliphatic heterocycles. The van der Waals surface area contributed by atoms with E-state index in [4.69, 9.17) is 4.74 Å². The lowest BCUT2D eigenvalue weighted by Gasteiger charge is -2.15. The summed E-state index contributed by atoms with van der Waals surface area (Å²) in [7, 11) is 1.35. The van der Waals surface area contributed by atoms with Crippen LogP contribution in [0.25, 0.3) is 0 Å². The zero-order valence-electron chi connectivity index (χ0n) is 12.1. The van der Waals surface area contributed by atoms with Crippen molar-refractivity contribution in [1.82, 2.24) is 5.32 Å². The van der Waals surface area contributed by atoms with Gasteiger partial charge in [0.2, 0.25) is 0 Å². The monoisotopic (exact) mass is 265 g/mol. The average Bonchev–Trinajstić information content (AvgIpc) is 2.44. The first kappa shape index (κ1) is 15.5. The summed E-state index contributed by atoms with van der Waals surface area (Å²) in [5, 5.41) is 3.42. The second kappa shape index (κ2) is 7.79. The third-order valence-corrected chi connectivity index (χ3v) is 2.93. The largest absolute Gasteiger partial charge is 0.479 e. The van der Waals surface area contributed by atoms with E-state index in [1.807, 2.05) is 24.3 Å². The van der Waals surface area contributed by atoms with E-state index in [2.05, 4.69) is 23.9 Å². The highest BCUT2D eigenvalue weighted by molar-refractivity contribution is 5.74. The van der Waals surface area contributed by atoms with Crippen molar-refractivity contribution in [3.8, 4) is 5.75 Å². The van der Waals surface area contributed by atoms with E-state index in [9.17, 15) is 4.79 Å². The zero-order valence-corrected chi connectivity index (χ0v) is 12.1. The van der Waals surface area contributed by atoms with Gasteiger partial charge in [-0.05, 0) is 44.5 Å². The van der Waals surface area contributed by atoms with Gasteiger partial charge in [-0.1, -0.05) is 19.1 Å². The molecule has 4 heteroatoms. The predicted octanol–water partition coefficient (Wildman–Crippen LogP) is 2.69. The number of benzene rings is 1. The van der Waals surface area contributed by atoms with Gasteiger partial charge in [0.15, 0.2) is 6.10 Å². The lowest BCUT2D eigenvalue weighted by atomic mass is 10.1. The van der Waals surface area contributed by atoms with Crippen molar-refractivity contribution in [1.29, 1.82) is 0 Å². The van der Waals surface area contributed by atoms with Crippen molar-refractivity contribution in [3.05, 3.63) is 29.8 Å². The van der Waals surface area contributed by atoms with Gasteiger partial charge in [-0.15, -0.1) is 0 Å². The van der Waals surface area contributed by atoms with Gasteiger partial charge in [0.05, 0.1) is 7.11 Å². The highest BCUT2D eigenvalue weighted by Gasteiger charge is 2.14. The first-order valence-corrected chi connectivity index (χ1v) is 6.66. The van der Waals surface area contributed by atoms with E-state index < -0.39 is 6.10 Å². The maximum absolute atomic E-state index is 11.3. The Kier molecular flexibility index (Phi) is 6.36. The molecular weight excluding hydrogens is 242 g/mol. The molecule has 0 aliphatic rings. The molecule has 0 radical (unpaired) electrons. The lowest BCUT2D eigenvalue weighted by Crippen LogP contribution is -2.25. The number of hydrogen-bond donors (Lipinski definition) is 1. The summed E-state index contributed by atoms with van der Waals surface area (Å²) in [6, 6.07) is 8.07. The van der Waals surface area contributed by atoms with Crippen LogP contribution in [-0.2, 0) is 9.53 Å². The third-order valence-electron chi connectivity index (χ3n) is 2.93. The quantitative estimate of drug-likeness (QED) is 0.770. The molecule has 0 amide bonds. The molecule has 4 nitrogen and oxygen atoms in total. The molecule has 0 spiro atoms. The third kappa shape index (κ3) is 4.91. The number of methoxy groups -OCH3 is 1. The van der Waals surface area contributed by atoms with Crippen LogP contribution in [0.1, 0.15) is 38.8 Å². The standard InChI is InChI=1S/C15H23NO3/c1-5-10-16-11(2)13-6-8-14(9-7-13)19-12(3)15(17)18-4/h6-9,11-12,16H,5,10H2,1-4H3. The molecule has 0 saturated heterocycles. The number of rotatable bonds is 7. The molecule has 0 saturated carbocycles. The van der Waals surface area contributed by atoms with Gasteiger partial charge in [-0.2, -0.15) is 0 Å². The van der Waals surface area contributed by atoms with Crippen molar-refractivity contribution < 1.29 is 14.3 Å². The topological polar surface area (TPSA) is 47.6 Å². The molecule has 2 atom stereocenters. The average molecular weight is 265 g/mol. The van der Waals surface area contributed by atoms with Crippen molar-refractivity contribution in [2.75, 3.05) is 13.7 Å². The molecular formula is C15H23NO3. The van der Waals surface area contributed by atoms with Gasteiger partial charge in [0, 0.05) is 6.04 Å². The predicted molar refractivity (Wildman–Crippen MR) is 75.3 cm³/mol. The van der Waals surface area contributed by atoms with Crippen LogP contribution in [0.4, 0.5) is 0 Å². The first-order chi connectivity index (χ1) is 9.08. The Morgan fingerprint density at radius 3 is 2.42 bits per heavy atom. The molecule has 1 aromatic carbocycles. The fourth-order valence-corrected chi connectivity index (χ4v) is 1.73. The lowest BCUT2D eigenvalue weighted by molar-refractivity contribution is -0.147. The van der Waals surface area contributed by atoms with E-state index in [1.165, 1.54) is 12.7 Å². The number of nitrogens with one attached hydrogen (secondary N) is 1. The highest BCUT2D eigenvalue weighted by atomic mass is 16.6. The number of carbonyl (C=O) groups excluding carboxylic acids is 1. The van der Waals surface area contributed by atoms with E-state index in [1.54, 1.807) is 6.92 Å². The molecule has 106 valence electrons. The Hall–Kier alpha value is -1.55. The molecule has 0 aromatic heterocycles. The van der Waals surface area contributed by atoms with Crippen molar-refractivity contribution in [2.24, 2.45) is 0 Å². The van der Waals surface area contributed by atoms with Crippen LogP contribution < -0.4 is 10.1 Å². The van der Waals surface area contributed by atoms with E-state index in [0.29, 0.717) is 11.8 Å². The Labute approximate surface area is 115 Å². The minimum Gasteiger partial charge on any atom is -0.479 e. The molecule has 2 unspecified atom stereocenters. The van der Waals surface area contributed by atoms with E-state index in [-0.39, 0.29) is 5.97 Å². The van der Waals surface area contributed by atoms with Gasteiger partial charge in [0.25, 0.3) is 0 Å². The van der Waals surface area contributed by atoms with Crippen LogP contribution >= 0.6 is 0 Å². The maximum Gasteiger partial charge on any atom is 0.346 e. The smallest absolute Gasteiger partial charge is 0.346 e. The Morgan fingerprint density at radius 1 is 1.26 bits per heavy atom. The summed E-state index contributed by atoms with van der Waals surface area (Å²) >= 11 is 0. The summed E-state index contributed by atoms with van der Waals surface area (Å²) in [6.07, 6.45) is 0.522. The van der Waals surface area contributed by atoms with Gasteiger partial charge in [-0.3, -0.25) is 0 Å². The Bertz CT molecular complexity index is 389. The zero-order chi connectivity index (χ0) is 14.3.